The van der Waals surface area contributed by atoms with Gasteiger partial charge in [0.1, 0.15) is 10.7 Å². The highest BCUT2D eigenvalue weighted by molar-refractivity contribution is 7.09. The highest BCUT2D eigenvalue weighted by Crippen LogP contribution is 2.18. The molecule has 1 aromatic carbocycles. The summed E-state index contributed by atoms with van der Waals surface area (Å²) in [6.07, 6.45) is 1.47. The molecule has 0 atom stereocenters. The zero-order valence-electron chi connectivity index (χ0n) is 13.9. The number of aromatic nitrogens is 3. The molecule has 0 radical (unpaired) electrons. The zero-order chi connectivity index (χ0) is 17.6. The lowest BCUT2D eigenvalue weighted by Crippen LogP contribution is -2.26. The van der Waals surface area contributed by atoms with E-state index in [0.29, 0.717) is 30.5 Å². The molecule has 8 heteroatoms. The Balaban J connectivity index is 1.52. The van der Waals surface area contributed by atoms with Gasteiger partial charge >= 0.3 is 0 Å². The minimum absolute atomic E-state index is 0.175. The normalized spacial score (nSPS) is 10.8. The number of aryl methyl sites for hydroxylation is 1. The Morgan fingerprint density at radius 1 is 1.28 bits per heavy atom. The molecule has 0 saturated carbocycles. The summed E-state index contributed by atoms with van der Waals surface area (Å²) in [6.45, 7) is 2.87. The van der Waals surface area contributed by atoms with E-state index in [4.69, 9.17) is 10.3 Å². The van der Waals surface area contributed by atoms with Crippen LogP contribution in [0.25, 0.3) is 11.5 Å². The molecule has 2 aromatic heterocycles. The number of hydrogen-bond donors (Lipinski definition) is 2. The van der Waals surface area contributed by atoms with E-state index in [9.17, 15) is 4.79 Å². The van der Waals surface area contributed by atoms with Crippen molar-refractivity contribution in [2.45, 2.75) is 26.3 Å². The van der Waals surface area contributed by atoms with Gasteiger partial charge in [-0.3, -0.25) is 4.79 Å². The molecular weight excluding hydrogens is 338 g/mol. The number of amides is 1. The number of hydrogen-bond acceptors (Lipinski definition) is 7. The highest BCUT2D eigenvalue weighted by atomic mass is 32.1. The van der Waals surface area contributed by atoms with Crippen LogP contribution in [-0.2, 0) is 19.4 Å². The topological polar surface area (TPSA) is 107 Å². The van der Waals surface area contributed by atoms with E-state index in [1.54, 1.807) is 5.38 Å². The van der Waals surface area contributed by atoms with Gasteiger partial charge in [-0.15, -0.1) is 11.3 Å². The van der Waals surface area contributed by atoms with Crippen molar-refractivity contribution >= 4 is 17.2 Å². The second-order valence-corrected chi connectivity index (χ2v) is 6.35. The first-order valence-electron chi connectivity index (χ1n) is 8.04. The summed E-state index contributed by atoms with van der Waals surface area (Å²) >= 11 is 1.39. The summed E-state index contributed by atoms with van der Waals surface area (Å²) in [7, 11) is 0. The van der Waals surface area contributed by atoms with Crippen molar-refractivity contribution in [2.24, 2.45) is 5.73 Å². The van der Waals surface area contributed by atoms with E-state index in [-0.39, 0.29) is 5.91 Å². The molecule has 3 rings (SSSR count). The zero-order valence-corrected chi connectivity index (χ0v) is 14.7. The highest BCUT2D eigenvalue weighted by Gasteiger charge is 2.10. The smallest absolute Gasteiger partial charge is 0.270 e. The van der Waals surface area contributed by atoms with Crippen molar-refractivity contribution in [2.75, 3.05) is 6.54 Å². The molecule has 25 heavy (non-hydrogen) atoms. The summed E-state index contributed by atoms with van der Waals surface area (Å²) in [5.74, 6) is 1.04. The van der Waals surface area contributed by atoms with Gasteiger partial charge in [0, 0.05) is 30.5 Å². The van der Waals surface area contributed by atoms with E-state index in [2.05, 4.69) is 20.4 Å². The van der Waals surface area contributed by atoms with Crippen LogP contribution in [0, 0.1) is 0 Å². The average Bonchev–Trinajstić information content (AvgIpc) is 3.31. The molecule has 3 N–H and O–H groups in total. The molecule has 3 aromatic rings. The number of benzene rings is 1. The summed E-state index contributed by atoms with van der Waals surface area (Å²) < 4.78 is 5.22. The van der Waals surface area contributed by atoms with Crippen molar-refractivity contribution in [3.8, 4) is 11.5 Å². The Morgan fingerprint density at radius 2 is 2.08 bits per heavy atom. The first-order chi connectivity index (χ1) is 12.2. The minimum Gasteiger partial charge on any atom is -0.350 e. The maximum atomic E-state index is 12.0. The minimum atomic E-state index is -0.175. The molecule has 130 valence electrons. The predicted octanol–water partition coefficient (Wildman–Crippen LogP) is 2.19. The van der Waals surface area contributed by atoms with Gasteiger partial charge in [-0.05, 0) is 24.1 Å². The molecule has 1 amide bonds. The van der Waals surface area contributed by atoms with Crippen LogP contribution in [0.2, 0.25) is 0 Å². The van der Waals surface area contributed by atoms with Gasteiger partial charge in [-0.25, -0.2) is 4.98 Å². The number of carbonyl (C=O) groups excluding carboxylic acids is 1. The summed E-state index contributed by atoms with van der Waals surface area (Å²) in [5.41, 5.74) is 7.92. The van der Waals surface area contributed by atoms with Crippen molar-refractivity contribution in [3.63, 3.8) is 0 Å². The number of carbonyl (C=O) groups is 1. The number of nitrogens with zero attached hydrogens (tertiary/aromatic N) is 3. The first kappa shape index (κ1) is 17.2. The molecule has 2 heterocycles. The van der Waals surface area contributed by atoms with Gasteiger partial charge in [0.05, 0.1) is 0 Å². The second kappa shape index (κ2) is 8.00. The SMILES string of the molecule is CCc1noc(-c2ccc(CCNC(=O)c3csc(CN)n3)cc2)n1. The van der Waals surface area contributed by atoms with Gasteiger partial charge in [0.15, 0.2) is 5.82 Å². The van der Waals surface area contributed by atoms with E-state index < -0.39 is 0 Å². The van der Waals surface area contributed by atoms with Crippen LogP contribution in [0.1, 0.15) is 33.8 Å². The van der Waals surface area contributed by atoms with Gasteiger partial charge in [-0.1, -0.05) is 24.2 Å². The average molecular weight is 357 g/mol. The van der Waals surface area contributed by atoms with Crippen LogP contribution >= 0.6 is 11.3 Å². The molecule has 0 bridgehead atoms. The van der Waals surface area contributed by atoms with Gasteiger partial charge in [0.25, 0.3) is 11.8 Å². The number of rotatable bonds is 7. The molecule has 0 spiro atoms. The quantitative estimate of drug-likeness (QED) is 0.671. The predicted molar refractivity (Wildman–Crippen MR) is 95.2 cm³/mol. The van der Waals surface area contributed by atoms with Crippen molar-refractivity contribution in [1.82, 2.24) is 20.4 Å². The van der Waals surface area contributed by atoms with Crippen molar-refractivity contribution < 1.29 is 9.32 Å². The largest absolute Gasteiger partial charge is 0.350 e. The van der Waals surface area contributed by atoms with Crippen LogP contribution in [0.3, 0.4) is 0 Å². The molecule has 7 nitrogen and oxygen atoms in total. The monoisotopic (exact) mass is 357 g/mol. The Hall–Kier alpha value is -2.58. The lowest BCUT2D eigenvalue weighted by molar-refractivity contribution is 0.0949. The number of nitrogens with two attached hydrogens (primary N) is 1. The summed E-state index contributed by atoms with van der Waals surface area (Å²) in [4.78, 5) is 20.5. The van der Waals surface area contributed by atoms with E-state index >= 15 is 0 Å². The molecule has 0 unspecified atom stereocenters. The third kappa shape index (κ3) is 4.28. The Morgan fingerprint density at radius 3 is 2.72 bits per heavy atom. The van der Waals surface area contributed by atoms with E-state index in [1.807, 2.05) is 31.2 Å². The van der Waals surface area contributed by atoms with Gasteiger partial charge in [0.2, 0.25) is 0 Å². The van der Waals surface area contributed by atoms with Gasteiger partial charge in [-0.2, -0.15) is 4.98 Å². The summed E-state index contributed by atoms with van der Waals surface area (Å²) in [6, 6.07) is 7.87. The van der Waals surface area contributed by atoms with Crippen LogP contribution in [-0.4, -0.2) is 27.6 Å². The van der Waals surface area contributed by atoms with Crippen LogP contribution in [0.5, 0.6) is 0 Å². The molecule has 0 saturated heterocycles. The van der Waals surface area contributed by atoms with E-state index in [0.717, 1.165) is 29.0 Å². The number of thiazole rings is 1. The van der Waals surface area contributed by atoms with Crippen LogP contribution in [0.15, 0.2) is 34.2 Å². The third-order valence-corrected chi connectivity index (χ3v) is 4.51. The van der Waals surface area contributed by atoms with E-state index in [1.165, 1.54) is 11.3 Å². The molecule has 0 aliphatic heterocycles. The Bertz CT molecular complexity index is 841. The van der Waals surface area contributed by atoms with Crippen LogP contribution < -0.4 is 11.1 Å². The Kier molecular flexibility index (Phi) is 5.52. The first-order valence-corrected chi connectivity index (χ1v) is 8.92. The van der Waals surface area contributed by atoms with Crippen molar-refractivity contribution in [3.05, 3.63) is 51.7 Å². The maximum absolute atomic E-state index is 12.0. The fourth-order valence-electron chi connectivity index (χ4n) is 2.25. The molecular formula is C17H19N5O2S. The fraction of sp³-hybridized carbons (Fsp3) is 0.294. The fourth-order valence-corrected chi connectivity index (χ4v) is 2.90. The molecule has 0 aliphatic carbocycles. The van der Waals surface area contributed by atoms with Crippen LogP contribution in [0.4, 0.5) is 0 Å². The third-order valence-electron chi connectivity index (χ3n) is 3.64. The van der Waals surface area contributed by atoms with Gasteiger partial charge < -0.3 is 15.6 Å². The summed E-state index contributed by atoms with van der Waals surface area (Å²) in [5, 5.41) is 9.24. The number of nitrogens with one attached hydrogen (secondary N) is 1. The van der Waals surface area contributed by atoms with Crippen molar-refractivity contribution in [1.29, 1.82) is 0 Å². The molecule has 0 fully saturated rings. The second-order valence-electron chi connectivity index (χ2n) is 5.40. The standard InChI is InChI=1S/C17H19N5O2S/c1-2-14-21-17(24-22-14)12-5-3-11(4-6-12)7-8-19-16(23)13-10-25-15(9-18)20-13/h3-6,10H,2,7-9,18H2,1H3,(H,19,23). The maximum Gasteiger partial charge on any atom is 0.270 e. The Labute approximate surface area is 149 Å². The lowest BCUT2D eigenvalue weighted by Gasteiger charge is -2.04. The molecule has 0 aliphatic rings. The lowest BCUT2D eigenvalue weighted by atomic mass is 10.1.